The van der Waals surface area contributed by atoms with E-state index in [1.54, 1.807) is 44.4 Å². The lowest BCUT2D eigenvalue weighted by molar-refractivity contribution is 0.0396. The van der Waals surface area contributed by atoms with E-state index in [0.29, 0.717) is 59.0 Å². The molecule has 41 heavy (non-hydrogen) atoms. The van der Waals surface area contributed by atoms with Gasteiger partial charge in [0.1, 0.15) is 22.9 Å². The molecule has 2 aliphatic rings. The predicted molar refractivity (Wildman–Crippen MR) is 155 cm³/mol. The number of aliphatic hydroxyl groups is 1. The van der Waals surface area contributed by atoms with Crippen molar-refractivity contribution in [3.63, 3.8) is 0 Å². The minimum Gasteiger partial charge on any atom is -0.493 e. The molecule has 0 spiro atoms. The Labute approximate surface area is 241 Å². The van der Waals surface area contributed by atoms with Crippen LogP contribution in [-0.2, 0) is 11.0 Å². The summed E-state index contributed by atoms with van der Waals surface area (Å²) in [5.74, 6) is 1.29. The van der Waals surface area contributed by atoms with Crippen molar-refractivity contribution in [2.75, 3.05) is 26.9 Å². The molecule has 8 heteroatoms. The number of fused-ring (bicyclic) bond motifs is 1. The zero-order valence-corrected chi connectivity index (χ0v) is 24.3. The van der Waals surface area contributed by atoms with E-state index in [9.17, 15) is 14.3 Å². The quantitative estimate of drug-likeness (QED) is 0.249. The van der Waals surface area contributed by atoms with Gasteiger partial charge in [-0.2, -0.15) is 0 Å². The van der Waals surface area contributed by atoms with Crippen LogP contribution in [0.1, 0.15) is 74.5 Å². The van der Waals surface area contributed by atoms with Gasteiger partial charge in [-0.3, -0.25) is 4.79 Å². The lowest BCUT2D eigenvalue weighted by Crippen LogP contribution is -2.38. The fourth-order valence-corrected chi connectivity index (χ4v) is 5.12. The average molecular weight is 563 g/mol. The fourth-order valence-electron chi connectivity index (χ4n) is 5.12. The Bertz CT molecular complexity index is 1400. The number of nitrogens with zero attached hydrogens (tertiary/aromatic N) is 1. The number of carbonyl (C=O) groups is 1. The van der Waals surface area contributed by atoms with E-state index >= 15 is 0 Å². The first-order valence-corrected chi connectivity index (χ1v) is 14.4. The summed E-state index contributed by atoms with van der Waals surface area (Å²) < 4.78 is 31.1. The van der Waals surface area contributed by atoms with Gasteiger partial charge in [-0.1, -0.05) is 13.8 Å². The van der Waals surface area contributed by atoms with Gasteiger partial charge in [0.15, 0.2) is 17.3 Å². The molecule has 1 saturated carbocycles. The molecule has 1 aromatic heterocycles. The zero-order valence-electron chi connectivity index (χ0n) is 24.3. The first-order valence-electron chi connectivity index (χ1n) is 14.4. The highest BCUT2D eigenvalue weighted by Crippen LogP contribution is 2.46. The van der Waals surface area contributed by atoms with Crippen molar-refractivity contribution in [1.82, 2.24) is 10.3 Å². The van der Waals surface area contributed by atoms with Crippen LogP contribution in [-0.4, -0.2) is 48.8 Å². The summed E-state index contributed by atoms with van der Waals surface area (Å²) in [7, 11) is 1.54. The van der Waals surface area contributed by atoms with Crippen LogP contribution in [0.25, 0.3) is 11.3 Å². The maximum atomic E-state index is 13.7. The van der Waals surface area contributed by atoms with Crippen LogP contribution in [0, 0.1) is 5.82 Å². The Morgan fingerprint density at radius 2 is 1.95 bits per heavy atom. The van der Waals surface area contributed by atoms with Crippen molar-refractivity contribution in [2.24, 2.45) is 0 Å². The molecule has 0 bridgehead atoms. The molecule has 0 saturated heterocycles. The van der Waals surface area contributed by atoms with Crippen LogP contribution in [0.4, 0.5) is 4.39 Å². The first-order chi connectivity index (χ1) is 19.6. The van der Waals surface area contributed by atoms with Crippen molar-refractivity contribution in [2.45, 2.75) is 69.9 Å². The molecule has 3 aromatic rings. The van der Waals surface area contributed by atoms with Gasteiger partial charge in [0.25, 0.3) is 0 Å². The molecule has 2 heterocycles. The molecule has 2 N–H and O–H groups in total. The minimum atomic E-state index is -1.40. The molecule has 1 aliphatic carbocycles. The number of aromatic nitrogens is 1. The average Bonchev–Trinajstić information content (AvgIpc) is 3.75. The predicted octanol–water partition coefficient (Wildman–Crippen LogP) is 5.96. The summed E-state index contributed by atoms with van der Waals surface area (Å²) in [4.78, 5) is 18.0. The van der Waals surface area contributed by atoms with Crippen molar-refractivity contribution < 1.29 is 28.5 Å². The number of rotatable bonds is 13. The number of carbonyl (C=O) groups excluding carboxylic acids is 1. The van der Waals surface area contributed by atoms with E-state index in [0.717, 1.165) is 18.5 Å². The van der Waals surface area contributed by atoms with Gasteiger partial charge >= 0.3 is 0 Å². The molecule has 0 amide bonds. The van der Waals surface area contributed by atoms with Crippen molar-refractivity contribution >= 4 is 5.78 Å². The van der Waals surface area contributed by atoms with Crippen LogP contribution >= 0.6 is 0 Å². The molecular weight excluding hydrogens is 523 g/mol. The number of hydrogen-bond donors (Lipinski definition) is 2. The van der Waals surface area contributed by atoms with Gasteiger partial charge in [0.2, 0.25) is 0 Å². The third kappa shape index (κ3) is 6.39. The SMILES string of the molecule is CCCOc1ccc(C(=O)CCC(C)(O)c2cc3c(c(-c4ccc(F)cc4)n2)OC[C@]3(C)CNC2CC2)cc1OC. The molecule has 1 fully saturated rings. The van der Waals surface area contributed by atoms with Crippen molar-refractivity contribution in [3.8, 4) is 28.5 Å². The first kappa shape index (κ1) is 29.0. The van der Waals surface area contributed by atoms with E-state index < -0.39 is 5.60 Å². The number of benzene rings is 2. The largest absolute Gasteiger partial charge is 0.493 e. The number of ether oxygens (including phenoxy) is 3. The summed E-state index contributed by atoms with van der Waals surface area (Å²) in [6.07, 6.45) is 3.48. The summed E-state index contributed by atoms with van der Waals surface area (Å²) >= 11 is 0. The van der Waals surface area contributed by atoms with Gasteiger partial charge in [-0.15, -0.1) is 0 Å². The third-order valence-electron chi connectivity index (χ3n) is 7.97. The topological polar surface area (TPSA) is 89.9 Å². The molecule has 5 rings (SSSR count). The highest BCUT2D eigenvalue weighted by Gasteiger charge is 2.41. The molecule has 0 radical (unpaired) electrons. The van der Waals surface area contributed by atoms with Crippen LogP contribution < -0.4 is 19.5 Å². The number of halogens is 1. The van der Waals surface area contributed by atoms with Crippen LogP contribution in [0.5, 0.6) is 17.2 Å². The molecule has 7 nitrogen and oxygen atoms in total. The Morgan fingerprint density at radius 1 is 1.20 bits per heavy atom. The highest BCUT2D eigenvalue weighted by atomic mass is 19.1. The maximum absolute atomic E-state index is 13.7. The lowest BCUT2D eigenvalue weighted by Gasteiger charge is -2.27. The smallest absolute Gasteiger partial charge is 0.163 e. The Balaban J connectivity index is 1.42. The summed E-state index contributed by atoms with van der Waals surface area (Å²) in [5.41, 5.74) is 1.43. The monoisotopic (exact) mass is 562 g/mol. The number of hydrogen-bond acceptors (Lipinski definition) is 7. The molecule has 2 aromatic carbocycles. The molecule has 218 valence electrons. The van der Waals surface area contributed by atoms with E-state index in [-0.39, 0.29) is 29.9 Å². The highest BCUT2D eigenvalue weighted by molar-refractivity contribution is 5.96. The normalized spacial score (nSPS) is 19.3. The second-order valence-electron chi connectivity index (χ2n) is 11.7. The standard InChI is InChI=1S/C33H39FN2O5/c1-5-16-40-27-13-8-22(17-28(27)39-4)26(37)14-15-33(3,38)29-18-25-31(30(36-29)21-6-9-23(34)10-7-21)41-20-32(25,2)19-35-24-11-12-24/h6-10,13,17-18,24,35,38H,5,11-12,14-16,19-20H2,1-4H3/t32-,33?/m0/s1. The van der Waals surface area contributed by atoms with Gasteiger partial charge in [-0.25, -0.2) is 9.37 Å². The van der Waals surface area contributed by atoms with Crippen LogP contribution in [0.3, 0.4) is 0 Å². The third-order valence-corrected chi connectivity index (χ3v) is 7.97. The molecule has 1 aliphatic heterocycles. The zero-order chi connectivity index (χ0) is 29.2. The van der Waals surface area contributed by atoms with Gasteiger partial charge in [-0.05, 0) is 81.1 Å². The van der Waals surface area contributed by atoms with Crippen LogP contribution in [0.15, 0.2) is 48.5 Å². The van der Waals surface area contributed by atoms with E-state index in [2.05, 4.69) is 12.2 Å². The number of pyridine rings is 1. The van der Waals surface area contributed by atoms with E-state index in [1.165, 1.54) is 25.0 Å². The van der Waals surface area contributed by atoms with E-state index in [4.69, 9.17) is 19.2 Å². The second-order valence-corrected chi connectivity index (χ2v) is 11.7. The van der Waals surface area contributed by atoms with Crippen molar-refractivity contribution in [3.05, 3.63) is 71.2 Å². The number of ketones is 1. The van der Waals surface area contributed by atoms with Gasteiger partial charge in [0, 0.05) is 41.1 Å². The minimum absolute atomic E-state index is 0.104. The maximum Gasteiger partial charge on any atom is 0.163 e. The molecule has 1 unspecified atom stereocenters. The molecule has 2 atom stereocenters. The number of methoxy groups -OCH3 is 1. The lowest BCUT2D eigenvalue weighted by atomic mass is 9.82. The van der Waals surface area contributed by atoms with Gasteiger partial charge in [0.05, 0.1) is 26.0 Å². The van der Waals surface area contributed by atoms with E-state index in [1.807, 2.05) is 13.0 Å². The fraction of sp³-hybridized carbons (Fsp3) is 0.455. The Morgan fingerprint density at radius 3 is 2.63 bits per heavy atom. The van der Waals surface area contributed by atoms with Crippen LogP contribution in [0.2, 0.25) is 0 Å². The number of nitrogens with one attached hydrogen (secondary N) is 1. The Kier molecular flexibility index (Phi) is 8.34. The summed E-state index contributed by atoms with van der Waals surface area (Å²) in [6, 6.07) is 13.7. The summed E-state index contributed by atoms with van der Waals surface area (Å²) in [6.45, 7) is 7.61. The van der Waals surface area contributed by atoms with Gasteiger partial charge < -0.3 is 24.6 Å². The van der Waals surface area contributed by atoms with Crippen molar-refractivity contribution in [1.29, 1.82) is 0 Å². The summed E-state index contributed by atoms with van der Waals surface area (Å²) in [5, 5.41) is 15.3. The number of Topliss-reactive ketones (excluding diaryl/α,β-unsaturated/α-hetero) is 1. The Hall–Kier alpha value is -3.49. The second kappa shape index (κ2) is 11.8. The molecular formula is C33H39FN2O5.